The van der Waals surface area contributed by atoms with Crippen molar-refractivity contribution in [2.24, 2.45) is 0 Å². The molecule has 2 N–H and O–H groups in total. The molecule has 0 amide bonds. The van der Waals surface area contributed by atoms with Gasteiger partial charge in [-0.25, -0.2) is 13.1 Å². The summed E-state index contributed by atoms with van der Waals surface area (Å²) in [5, 5.41) is 3.32. The van der Waals surface area contributed by atoms with Crippen molar-refractivity contribution in [1.29, 1.82) is 0 Å². The van der Waals surface area contributed by atoms with E-state index in [4.69, 9.17) is 0 Å². The highest BCUT2D eigenvalue weighted by Gasteiger charge is 2.19. The fourth-order valence-electron chi connectivity index (χ4n) is 1.76. The summed E-state index contributed by atoms with van der Waals surface area (Å²) in [6.45, 7) is 5.91. The molecule has 1 unspecified atom stereocenters. The molecule has 0 aromatic carbocycles. The van der Waals surface area contributed by atoms with E-state index >= 15 is 0 Å². The third kappa shape index (κ3) is 6.13. The van der Waals surface area contributed by atoms with Gasteiger partial charge in [-0.2, -0.15) is 11.8 Å². The predicted molar refractivity (Wildman–Crippen MR) is 89.3 cm³/mol. The van der Waals surface area contributed by atoms with Gasteiger partial charge >= 0.3 is 0 Å². The van der Waals surface area contributed by atoms with Crippen LogP contribution in [0.15, 0.2) is 16.3 Å². The van der Waals surface area contributed by atoms with E-state index in [2.05, 4.69) is 17.0 Å². The zero-order valence-electron chi connectivity index (χ0n) is 12.3. The summed E-state index contributed by atoms with van der Waals surface area (Å²) in [5.74, 6) is 0.776. The van der Waals surface area contributed by atoms with Crippen molar-refractivity contribution >= 4 is 33.1 Å². The molecule has 0 spiro atoms. The second kappa shape index (κ2) is 9.04. The lowest BCUT2D eigenvalue weighted by Crippen LogP contribution is -2.33. The Morgan fingerprint density at radius 1 is 1.35 bits per heavy atom. The summed E-state index contributed by atoms with van der Waals surface area (Å²) in [6.07, 6.45) is 3.96. The Morgan fingerprint density at radius 2 is 2.10 bits per heavy atom. The second-order valence-electron chi connectivity index (χ2n) is 4.70. The van der Waals surface area contributed by atoms with Crippen molar-refractivity contribution in [3.05, 3.63) is 17.0 Å². The van der Waals surface area contributed by atoms with Crippen molar-refractivity contribution in [1.82, 2.24) is 10.0 Å². The van der Waals surface area contributed by atoms with Crippen LogP contribution in [0, 0.1) is 0 Å². The standard InChI is InChI=1S/C13H24N2O2S3/c1-4-8-14-9-7-12-5-6-13(19-12)20(16,17)15-11(2)10-18-3/h5-6,11,14-15H,4,7-10H2,1-3H3. The third-order valence-corrected chi connectivity index (χ3v) is 6.71. The Hall–Kier alpha value is -0.0800. The molecule has 1 aromatic heterocycles. The molecule has 116 valence electrons. The molecule has 0 bridgehead atoms. The van der Waals surface area contributed by atoms with Gasteiger partial charge in [0, 0.05) is 16.7 Å². The topological polar surface area (TPSA) is 58.2 Å². The molecule has 20 heavy (non-hydrogen) atoms. The summed E-state index contributed by atoms with van der Waals surface area (Å²) in [4.78, 5) is 1.10. The Morgan fingerprint density at radius 3 is 2.75 bits per heavy atom. The molecular weight excluding hydrogens is 312 g/mol. The van der Waals surface area contributed by atoms with Crippen LogP contribution in [0.1, 0.15) is 25.1 Å². The van der Waals surface area contributed by atoms with Crippen LogP contribution in [0.5, 0.6) is 0 Å². The van der Waals surface area contributed by atoms with E-state index in [-0.39, 0.29) is 6.04 Å². The molecule has 1 atom stereocenters. The normalized spacial score (nSPS) is 13.6. The van der Waals surface area contributed by atoms with E-state index in [1.807, 2.05) is 19.2 Å². The SMILES string of the molecule is CCCNCCc1ccc(S(=O)(=O)NC(C)CSC)s1. The van der Waals surface area contributed by atoms with Gasteiger partial charge in [0.2, 0.25) is 10.0 Å². The first kappa shape index (κ1) is 18.0. The molecule has 0 aliphatic carbocycles. The van der Waals surface area contributed by atoms with Crippen LogP contribution >= 0.6 is 23.1 Å². The molecule has 0 saturated heterocycles. The minimum atomic E-state index is -3.36. The van der Waals surface area contributed by atoms with E-state index < -0.39 is 10.0 Å². The van der Waals surface area contributed by atoms with Crippen LogP contribution in [-0.4, -0.2) is 39.6 Å². The summed E-state index contributed by atoms with van der Waals surface area (Å²) in [6, 6.07) is 3.56. The van der Waals surface area contributed by atoms with E-state index in [0.717, 1.165) is 36.6 Å². The van der Waals surface area contributed by atoms with Crippen molar-refractivity contribution < 1.29 is 8.42 Å². The van der Waals surface area contributed by atoms with Gasteiger partial charge in [0.1, 0.15) is 4.21 Å². The van der Waals surface area contributed by atoms with Gasteiger partial charge in [-0.15, -0.1) is 11.3 Å². The van der Waals surface area contributed by atoms with Gasteiger partial charge in [-0.05, 0) is 51.2 Å². The Labute approximate surface area is 130 Å². The first-order chi connectivity index (χ1) is 9.49. The molecule has 7 heteroatoms. The van der Waals surface area contributed by atoms with Gasteiger partial charge in [0.15, 0.2) is 0 Å². The zero-order valence-corrected chi connectivity index (χ0v) is 14.8. The van der Waals surface area contributed by atoms with Gasteiger partial charge in [0.05, 0.1) is 0 Å². The molecule has 0 aliphatic heterocycles. The molecule has 0 aliphatic rings. The van der Waals surface area contributed by atoms with Crippen LogP contribution in [0.25, 0.3) is 0 Å². The number of thioether (sulfide) groups is 1. The van der Waals surface area contributed by atoms with Crippen LogP contribution in [-0.2, 0) is 16.4 Å². The monoisotopic (exact) mass is 336 g/mol. The van der Waals surface area contributed by atoms with Crippen LogP contribution < -0.4 is 10.0 Å². The molecule has 1 rings (SSSR count). The van der Waals surface area contributed by atoms with Crippen molar-refractivity contribution in [2.75, 3.05) is 25.1 Å². The molecule has 1 heterocycles. The highest BCUT2D eigenvalue weighted by atomic mass is 32.2. The van der Waals surface area contributed by atoms with Crippen LogP contribution in [0.2, 0.25) is 0 Å². The highest BCUT2D eigenvalue weighted by Crippen LogP contribution is 2.22. The summed E-state index contributed by atoms with van der Waals surface area (Å²) in [5.41, 5.74) is 0. The zero-order chi connectivity index (χ0) is 15.0. The van der Waals surface area contributed by atoms with Gasteiger partial charge in [0.25, 0.3) is 0 Å². The van der Waals surface area contributed by atoms with Gasteiger partial charge in [-0.3, -0.25) is 0 Å². The van der Waals surface area contributed by atoms with Crippen LogP contribution in [0.4, 0.5) is 0 Å². The lowest BCUT2D eigenvalue weighted by Gasteiger charge is -2.11. The number of sulfonamides is 1. The number of thiophene rings is 1. The Kier molecular flexibility index (Phi) is 8.13. The molecule has 0 radical (unpaired) electrons. The molecule has 0 saturated carbocycles. The fourth-order valence-corrected chi connectivity index (χ4v) is 5.06. The van der Waals surface area contributed by atoms with Gasteiger partial charge < -0.3 is 5.32 Å². The maximum absolute atomic E-state index is 12.2. The molecule has 4 nitrogen and oxygen atoms in total. The third-order valence-electron chi connectivity index (χ3n) is 2.65. The minimum Gasteiger partial charge on any atom is -0.316 e. The maximum atomic E-state index is 12.2. The van der Waals surface area contributed by atoms with E-state index in [1.54, 1.807) is 17.8 Å². The largest absolute Gasteiger partial charge is 0.316 e. The molecular formula is C13H24N2O2S3. The Balaban J connectivity index is 2.56. The lowest BCUT2D eigenvalue weighted by molar-refractivity contribution is 0.573. The van der Waals surface area contributed by atoms with Crippen molar-refractivity contribution in [3.8, 4) is 0 Å². The fraction of sp³-hybridized carbons (Fsp3) is 0.692. The quantitative estimate of drug-likeness (QED) is 0.644. The molecule has 0 fully saturated rings. The summed E-state index contributed by atoms with van der Waals surface area (Å²) < 4.78 is 27.5. The Bertz CT molecular complexity index is 486. The minimum absolute atomic E-state index is 0.0493. The van der Waals surface area contributed by atoms with Gasteiger partial charge in [-0.1, -0.05) is 6.92 Å². The smallest absolute Gasteiger partial charge is 0.250 e. The van der Waals surface area contributed by atoms with Crippen molar-refractivity contribution in [3.63, 3.8) is 0 Å². The molecule has 1 aromatic rings. The number of hydrogen-bond acceptors (Lipinski definition) is 5. The number of rotatable bonds is 10. The van der Waals surface area contributed by atoms with E-state index in [1.165, 1.54) is 11.3 Å². The highest BCUT2D eigenvalue weighted by molar-refractivity contribution is 7.98. The van der Waals surface area contributed by atoms with E-state index in [9.17, 15) is 8.42 Å². The lowest BCUT2D eigenvalue weighted by atomic mass is 10.3. The predicted octanol–water partition coefficient (Wildman–Crippen LogP) is 2.32. The summed E-state index contributed by atoms with van der Waals surface area (Å²) in [7, 11) is -3.36. The van der Waals surface area contributed by atoms with Crippen LogP contribution in [0.3, 0.4) is 0 Å². The average molecular weight is 337 g/mol. The average Bonchev–Trinajstić information content (AvgIpc) is 2.84. The van der Waals surface area contributed by atoms with E-state index in [0.29, 0.717) is 4.21 Å². The number of hydrogen-bond donors (Lipinski definition) is 2. The summed E-state index contributed by atoms with van der Waals surface area (Å²) >= 11 is 3.00. The number of nitrogens with one attached hydrogen (secondary N) is 2. The first-order valence-electron chi connectivity index (χ1n) is 6.80. The first-order valence-corrected chi connectivity index (χ1v) is 10.5. The van der Waals surface area contributed by atoms with Crippen molar-refractivity contribution in [2.45, 2.75) is 36.9 Å². The second-order valence-corrected chi connectivity index (χ2v) is 8.72. The maximum Gasteiger partial charge on any atom is 0.250 e.